The number of sulfonamides is 1. The Labute approximate surface area is 132 Å². The van der Waals surface area contributed by atoms with E-state index < -0.39 is 32.0 Å². The van der Waals surface area contributed by atoms with Gasteiger partial charge in [-0.15, -0.1) is 11.3 Å². The number of hydrogen-bond acceptors (Lipinski definition) is 7. The van der Waals surface area contributed by atoms with Gasteiger partial charge in [-0.1, -0.05) is 0 Å². The fourth-order valence-corrected chi connectivity index (χ4v) is 6.56. The van der Waals surface area contributed by atoms with Crippen LogP contribution in [0.15, 0.2) is 14.5 Å². The molecular weight excluding hydrogens is 352 g/mol. The predicted molar refractivity (Wildman–Crippen MR) is 79.9 cm³/mol. The number of hydrogen-bond donors (Lipinski definition) is 1. The number of thiophene rings is 1. The molecule has 2 heterocycles. The van der Waals surface area contributed by atoms with Crippen molar-refractivity contribution >= 4 is 37.3 Å². The molecule has 1 atom stereocenters. The molecule has 0 aliphatic carbocycles. The van der Waals surface area contributed by atoms with Crippen molar-refractivity contribution in [2.24, 2.45) is 5.14 Å². The molecule has 2 N–H and O–H groups in total. The largest absolute Gasteiger partial charge is 0.453 e. The van der Waals surface area contributed by atoms with Crippen LogP contribution in [0.5, 0.6) is 0 Å². The van der Waals surface area contributed by atoms with Gasteiger partial charge in [-0.3, -0.25) is 0 Å². The van der Waals surface area contributed by atoms with Crippen molar-refractivity contribution in [3.05, 3.63) is 11.6 Å². The molecule has 0 fully saturated rings. The summed E-state index contributed by atoms with van der Waals surface area (Å²) in [5.41, 5.74) is 0.285. The van der Waals surface area contributed by atoms with Crippen molar-refractivity contribution < 1.29 is 26.4 Å². The highest BCUT2D eigenvalue weighted by Gasteiger charge is 2.38. The first-order valence-electron chi connectivity index (χ1n) is 6.35. The third-order valence-corrected chi connectivity index (χ3v) is 8.36. The lowest BCUT2D eigenvalue weighted by molar-refractivity contribution is 0.105. The molecule has 22 heavy (non-hydrogen) atoms. The van der Waals surface area contributed by atoms with Crippen LogP contribution in [0.25, 0.3) is 0 Å². The van der Waals surface area contributed by atoms with E-state index in [1.807, 2.05) is 0 Å². The van der Waals surface area contributed by atoms with Crippen molar-refractivity contribution in [1.29, 1.82) is 0 Å². The summed E-state index contributed by atoms with van der Waals surface area (Å²) in [6.45, 7) is 2.03. The lowest BCUT2D eigenvalue weighted by Gasteiger charge is -2.32. The van der Waals surface area contributed by atoms with Crippen LogP contribution in [-0.2, 0) is 24.6 Å². The van der Waals surface area contributed by atoms with Crippen molar-refractivity contribution in [3.63, 3.8) is 0 Å². The van der Waals surface area contributed by atoms with E-state index in [1.54, 1.807) is 6.92 Å². The maximum atomic E-state index is 12.1. The topological polar surface area (TPSA) is 124 Å². The van der Waals surface area contributed by atoms with E-state index in [2.05, 4.69) is 0 Å². The quantitative estimate of drug-likeness (QED) is 0.837. The minimum atomic E-state index is -4.01. The highest BCUT2D eigenvalue weighted by atomic mass is 32.3. The third-order valence-electron chi connectivity index (χ3n) is 3.41. The molecular formula is C11H16N2O6S3. The molecule has 0 saturated carbocycles. The van der Waals surface area contributed by atoms with Crippen LogP contribution in [0.3, 0.4) is 0 Å². The number of carbonyl (C=O) groups excluding carboxylic acids is 1. The SMILES string of the molecule is CCN(C(=O)OC)[C@H]1CCS(=O)(=O)c2sc(S(N)(=O)=O)cc21. The van der Waals surface area contributed by atoms with Gasteiger partial charge < -0.3 is 9.64 Å². The third kappa shape index (κ3) is 2.98. The van der Waals surface area contributed by atoms with Crippen LogP contribution in [0, 0.1) is 0 Å². The Kier molecular flexibility index (Phi) is 4.53. The molecule has 11 heteroatoms. The Hall–Kier alpha value is -1.17. The minimum Gasteiger partial charge on any atom is -0.453 e. The normalized spacial score (nSPS) is 20.2. The van der Waals surface area contributed by atoms with Crippen molar-refractivity contribution in [2.75, 3.05) is 19.4 Å². The van der Waals surface area contributed by atoms with E-state index in [1.165, 1.54) is 18.1 Å². The average molecular weight is 368 g/mol. The van der Waals surface area contributed by atoms with E-state index in [9.17, 15) is 21.6 Å². The number of methoxy groups -OCH3 is 1. The summed E-state index contributed by atoms with van der Waals surface area (Å²) in [5.74, 6) is -0.164. The van der Waals surface area contributed by atoms with E-state index in [-0.39, 0.29) is 26.2 Å². The number of fused-ring (bicyclic) bond motifs is 1. The lowest BCUT2D eigenvalue weighted by atomic mass is 10.1. The van der Waals surface area contributed by atoms with Crippen LogP contribution in [-0.4, -0.2) is 47.2 Å². The van der Waals surface area contributed by atoms with Gasteiger partial charge in [-0.2, -0.15) is 0 Å². The van der Waals surface area contributed by atoms with Gasteiger partial charge in [-0.05, 0) is 19.4 Å². The second-order valence-electron chi connectivity index (χ2n) is 4.73. The van der Waals surface area contributed by atoms with E-state index in [0.29, 0.717) is 17.9 Å². The fraction of sp³-hybridized carbons (Fsp3) is 0.545. The molecule has 0 spiro atoms. The number of ether oxygens (including phenoxy) is 1. The number of sulfone groups is 1. The smallest absolute Gasteiger partial charge is 0.409 e. The predicted octanol–water partition coefficient (Wildman–Crippen LogP) is 0.702. The van der Waals surface area contributed by atoms with E-state index >= 15 is 0 Å². The highest BCUT2D eigenvalue weighted by Crippen LogP contribution is 2.42. The van der Waals surface area contributed by atoms with Gasteiger partial charge in [0.2, 0.25) is 10.0 Å². The molecule has 0 bridgehead atoms. The molecule has 0 saturated heterocycles. The Morgan fingerprint density at radius 3 is 2.68 bits per heavy atom. The standard InChI is InChI=1S/C11H16N2O6S3/c1-3-13(11(14)19-2)8-4-5-21(15,16)10-7(8)6-9(20-10)22(12,17)18/h6,8H,3-5H2,1-2H3,(H2,12,17,18)/t8-/m0/s1. The highest BCUT2D eigenvalue weighted by molar-refractivity contribution is 7.95. The Bertz CT molecular complexity index is 796. The molecule has 1 aliphatic heterocycles. The van der Waals surface area contributed by atoms with Gasteiger partial charge in [0.15, 0.2) is 9.84 Å². The molecule has 1 aromatic rings. The van der Waals surface area contributed by atoms with Gasteiger partial charge in [0.05, 0.1) is 18.9 Å². The Morgan fingerprint density at radius 2 is 2.18 bits per heavy atom. The van der Waals surface area contributed by atoms with E-state index in [0.717, 1.165) is 0 Å². The maximum Gasteiger partial charge on any atom is 0.409 e. The summed E-state index contributed by atoms with van der Waals surface area (Å²) >= 11 is 0.620. The summed E-state index contributed by atoms with van der Waals surface area (Å²) in [7, 11) is -6.35. The summed E-state index contributed by atoms with van der Waals surface area (Å²) in [5, 5.41) is 5.08. The number of nitrogens with two attached hydrogens (primary N) is 1. The summed E-state index contributed by atoms with van der Waals surface area (Å²) in [4.78, 5) is 13.2. The zero-order chi connectivity index (χ0) is 16.7. The maximum absolute atomic E-state index is 12.1. The summed E-state index contributed by atoms with van der Waals surface area (Å²) in [6, 6.07) is 0.685. The van der Waals surface area contributed by atoms with Crippen LogP contribution in [0.2, 0.25) is 0 Å². The average Bonchev–Trinajstić information content (AvgIpc) is 2.88. The van der Waals surface area contributed by atoms with Gasteiger partial charge in [0, 0.05) is 12.1 Å². The zero-order valence-electron chi connectivity index (χ0n) is 12.0. The second-order valence-corrected chi connectivity index (χ2v) is 9.88. The first-order valence-corrected chi connectivity index (χ1v) is 10.4. The van der Waals surface area contributed by atoms with Gasteiger partial charge in [0.1, 0.15) is 8.42 Å². The first kappa shape index (κ1) is 17.2. The summed E-state index contributed by atoms with van der Waals surface area (Å²) in [6.07, 6.45) is -0.417. The molecule has 124 valence electrons. The molecule has 1 amide bonds. The van der Waals surface area contributed by atoms with E-state index in [4.69, 9.17) is 9.88 Å². The molecule has 8 nitrogen and oxygen atoms in total. The van der Waals surface area contributed by atoms with Crippen molar-refractivity contribution in [1.82, 2.24) is 4.90 Å². The summed E-state index contributed by atoms with van der Waals surface area (Å²) < 4.78 is 51.7. The molecule has 0 unspecified atom stereocenters. The number of rotatable bonds is 3. The van der Waals surface area contributed by atoms with Gasteiger partial charge in [-0.25, -0.2) is 26.8 Å². The number of nitrogens with zero attached hydrogens (tertiary/aromatic N) is 1. The minimum absolute atomic E-state index is 0.0462. The van der Waals surface area contributed by atoms with Crippen LogP contribution in [0.1, 0.15) is 24.9 Å². The number of amides is 1. The molecule has 1 aliphatic rings. The molecule has 0 aromatic carbocycles. The first-order chi connectivity index (χ1) is 10.1. The van der Waals surface area contributed by atoms with Crippen LogP contribution >= 0.6 is 11.3 Å². The monoisotopic (exact) mass is 368 g/mol. The number of carbonyl (C=O) groups is 1. The van der Waals surface area contributed by atoms with Gasteiger partial charge in [0.25, 0.3) is 0 Å². The van der Waals surface area contributed by atoms with Crippen molar-refractivity contribution in [2.45, 2.75) is 27.8 Å². The molecule has 1 aromatic heterocycles. The number of primary sulfonamides is 1. The van der Waals surface area contributed by atoms with Crippen LogP contribution < -0.4 is 5.14 Å². The zero-order valence-corrected chi connectivity index (χ0v) is 14.4. The Morgan fingerprint density at radius 1 is 1.55 bits per heavy atom. The van der Waals surface area contributed by atoms with Crippen molar-refractivity contribution in [3.8, 4) is 0 Å². The Balaban J connectivity index is 2.60. The molecule has 0 radical (unpaired) electrons. The second kappa shape index (κ2) is 5.80. The van der Waals surface area contributed by atoms with Gasteiger partial charge >= 0.3 is 6.09 Å². The lowest BCUT2D eigenvalue weighted by Crippen LogP contribution is -2.37. The fourth-order valence-electron chi connectivity index (χ4n) is 2.41. The van der Waals surface area contributed by atoms with Crippen LogP contribution in [0.4, 0.5) is 4.79 Å². The molecule has 2 rings (SSSR count).